The first-order valence-corrected chi connectivity index (χ1v) is 20.7. The Morgan fingerprint density at radius 2 is 0.891 bits per heavy atom. The van der Waals surface area contributed by atoms with Crippen molar-refractivity contribution in [2.75, 3.05) is 15.0 Å². The van der Waals surface area contributed by atoms with Gasteiger partial charge in [0.25, 0.3) is 17.7 Å². The van der Waals surface area contributed by atoms with Gasteiger partial charge in [0.05, 0.1) is 28.5 Å². The van der Waals surface area contributed by atoms with Gasteiger partial charge in [-0.25, -0.2) is 10.0 Å². The highest BCUT2D eigenvalue weighted by atomic mass is 16.2. The third-order valence-electron chi connectivity index (χ3n) is 11.5. The van der Waals surface area contributed by atoms with Crippen molar-refractivity contribution in [1.82, 2.24) is 0 Å². The molecule has 0 N–H and O–H groups in total. The summed E-state index contributed by atoms with van der Waals surface area (Å²) in [5, 5.41) is 18.7. The Labute approximate surface area is 327 Å². The molecule has 3 aromatic rings. The lowest BCUT2D eigenvalue weighted by Crippen LogP contribution is -2.59. The van der Waals surface area contributed by atoms with Crippen molar-refractivity contribution in [2.45, 2.75) is 124 Å². The maximum atomic E-state index is 15.3. The molecule has 0 radical (unpaired) electrons. The third-order valence-corrected chi connectivity index (χ3v) is 11.5. The minimum absolute atomic E-state index is 0.335. The molecule has 3 aliphatic rings. The van der Waals surface area contributed by atoms with Crippen molar-refractivity contribution in [2.24, 2.45) is 32.6 Å². The first-order valence-electron chi connectivity index (χ1n) is 20.7. The lowest BCUT2D eigenvalue weighted by Gasteiger charge is -2.37. The van der Waals surface area contributed by atoms with Gasteiger partial charge < -0.3 is 0 Å². The molecule has 0 fully saturated rings. The SMILES string of the molecule is CCCCCCCCCCCCCCCCCC1=NN(c2ccccc2)C(=O)C1C1(C2C(=O)N(c3ccccc3)N=C2C)C(=O)N(c2ccccc2)N=C1C. The van der Waals surface area contributed by atoms with Gasteiger partial charge in [0, 0.05) is 5.71 Å². The van der Waals surface area contributed by atoms with E-state index in [0.29, 0.717) is 40.6 Å². The van der Waals surface area contributed by atoms with Gasteiger partial charge in [-0.2, -0.15) is 20.3 Å². The van der Waals surface area contributed by atoms with Gasteiger partial charge in [-0.1, -0.05) is 151 Å². The molecule has 0 aliphatic carbocycles. The normalized spacial score (nSPS) is 21.1. The highest BCUT2D eigenvalue weighted by molar-refractivity contribution is 6.33. The van der Waals surface area contributed by atoms with Gasteiger partial charge in [-0.15, -0.1) is 0 Å². The van der Waals surface area contributed by atoms with Gasteiger partial charge >= 0.3 is 0 Å². The van der Waals surface area contributed by atoms with Crippen LogP contribution in [-0.4, -0.2) is 34.9 Å². The summed E-state index contributed by atoms with van der Waals surface area (Å²) < 4.78 is 0. The van der Waals surface area contributed by atoms with Gasteiger partial charge in [0.15, 0.2) is 0 Å². The summed E-state index contributed by atoms with van der Waals surface area (Å²) >= 11 is 0. The Morgan fingerprint density at radius 1 is 0.491 bits per heavy atom. The number of hydrogen-bond acceptors (Lipinski definition) is 6. The van der Waals surface area contributed by atoms with Crippen LogP contribution in [-0.2, 0) is 14.4 Å². The van der Waals surface area contributed by atoms with E-state index >= 15 is 4.79 Å². The first-order chi connectivity index (χ1) is 26.9. The van der Waals surface area contributed by atoms with E-state index in [9.17, 15) is 9.59 Å². The van der Waals surface area contributed by atoms with Crippen LogP contribution in [0.15, 0.2) is 106 Å². The predicted octanol–water partition coefficient (Wildman–Crippen LogP) is 10.7. The fourth-order valence-corrected chi connectivity index (χ4v) is 8.61. The van der Waals surface area contributed by atoms with Gasteiger partial charge in [0.1, 0.15) is 17.3 Å². The van der Waals surface area contributed by atoms with E-state index in [4.69, 9.17) is 15.3 Å². The van der Waals surface area contributed by atoms with E-state index in [1.165, 1.54) is 92.1 Å². The second kappa shape index (κ2) is 19.1. The maximum absolute atomic E-state index is 15.3. The summed E-state index contributed by atoms with van der Waals surface area (Å²) in [6, 6.07) is 27.7. The Hall–Kier alpha value is -4.92. The molecule has 0 aromatic heterocycles. The number of carbonyl (C=O) groups excluding carboxylic acids is 3. The Bertz CT molecular complexity index is 1840. The molecule has 3 atom stereocenters. The number of benzene rings is 3. The second-order valence-electron chi connectivity index (χ2n) is 15.4. The summed E-state index contributed by atoms with van der Waals surface area (Å²) in [6.45, 7) is 5.82. The molecule has 9 heteroatoms. The lowest BCUT2D eigenvalue weighted by molar-refractivity contribution is -0.136. The maximum Gasteiger partial charge on any atom is 0.261 e. The highest BCUT2D eigenvalue weighted by Gasteiger charge is 2.68. The molecule has 290 valence electrons. The molecule has 3 aliphatic heterocycles. The Kier molecular flexibility index (Phi) is 13.8. The number of para-hydroxylation sites is 3. The van der Waals surface area contributed by atoms with Crippen LogP contribution in [0.4, 0.5) is 17.1 Å². The van der Waals surface area contributed by atoms with Crippen molar-refractivity contribution < 1.29 is 14.4 Å². The third kappa shape index (κ3) is 8.66. The van der Waals surface area contributed by atoms with Crippen molar-refractivity contribution in [3.8, 4) is 0 Å². The molecular formula is C46H58N6O3. The molecule has 9 nitrogen and oxygen atoms in total. The van der Waals surface area contributed by atoms with Gasteiger partial charge in [-0.05, 0) is 63.1 Å². The number of amides is 3. The molecular weight excluding hydrogens is 685 g/mol. The fourth-order valence-electron chi connectivity index (χ4n) is 8.61. The van der Waals surface area contributed by atoms with E-state index in [2.05, 4.69) is 6.92 Å². The van der Waals surface area contributed by atoms with Gasteiger partial charge in [0.2, 0.25) is 0 Å². The molecule has 6 rings (SSSR count). The number of nitrogens with zero attached hydrogens (tertiary/aromatic N) is 6. The summed E-state index contributed by atoms with van der Waals surface area (Å²) in [7, 11) is 0. The van der Waals surface area contributed by atoms with E-state index in [0.717, 1.165) is 19.3 Å². The quantitative estimate of drug-likeness (QED) is 0.102. The zero-order valence-electron chi connectivity index (χ0n) is 33.0. The van der Waals surface area contributed by atoms with Crippen LogP contribution in [0.1, 0.15) is 124 Å². The van der Waals surface area contributed by atoms with Crippen LogP contribution in [0.3, 0.4) is 0 Å². The van der Waals surface area contributed by atoms with Crippen LogP contribution in [0.5, 0.6) is 0 Å². The number of unbranched alkanes of at least 4 members (excludes halogenated alkanes) is 14. The topological polar surface area (TPSA) is 98.0 Å². The molecule has 0 saturated carbocycles. The Balaban J connectivity index is 1.21. The molecule has 0 spiro atoms. The summed E-state index contributed by atoms with van der Waals surface area (Å²) in [6.07, 6.45) is 19.4. The minimum Gasteiger partial charge on any atom is -0.272 e. The number of hydrazone groups is 3. The average molecular weight is 743 g/mol. The molecule has 3 aromatic carbocycles. The fraction of sp³-hybridized carbons (Fsp3) is 0.478. The predicted molar refractivity (Wildman–Crippen MR) is 224 cm³/mol. The smallest absolute Gasteiger partial charge is 0.261 e. The summed E-state index contributed by atoms with van der Waals surface area (Å²) in [4.78, 5) is 44.9. The van der Waals surface area contributed by atoms with E-state index in [1.807, 2.05) is 91.0 Å². The summed E-state index contributed by atoms with van der Waals surface area (Å²) in [5.74, 6) is -3.22. The number of carbonyl (C=O) groups is 3. The van der Waals surface area contributed by atoms with Crippen LogP contribution in [0.2, 0.25) is 0 Å². The standard InChI is InChI=1S/C46H58N6O3/c1-4-5-6-7-8-9-10-11-12-13-14-15-16-17-27-34-40-42(44(54)51(49-40)38-30-23-19-24-31-38)46(36(3)48-52(45(46)55)39-32-25-20-26-33-39)41-35(2)47-50(43(41)53)37-28-21-18-22-29-37/h18-26,28-33,41-42H,4-17,27,34H2,1-3H3. The Morgan fingerprint density at radius 3 is 1.36 bits per heavy atom. The van der Waals surface area contributed by atoms with Crippen LogP contribution in [0.25, 0.3) is 0 Å². The van der Waals surface area contributed by atoms with Crippen molar-refractivity contribution in [1.29, 1.82) is 0 Å². The van der Waals surface area contributed by atoms with E-state index in [1.54, 1.807) is 13.8 Å². The molecule has 3 heterocycles. The molecule has 0 saturated heterocycles. The van der Waals surface area contributed by atoms with Crippen molar-refractivity contribution in [3.63, 3.8) is 0 Å². The number of anilines is 3. The first kappa shape index (κ1) is 39.8. The monoisotopic (exact) mass is 742 g/mol. The van der Waals surface area contributed by atoms with Crippen LogP contribution >= 0.6 is 0 Å². The van der Waals surface area contributed by atoms with E-state index < -0.39 is 23.2 Å². The number of rotatable bonds is 21. The van der Waals surface area contributed by atoms with Crippen molar-refractivity contribution >= 4 is 51.9 Å². The van der Waals surface area contributed by atoms with Crippen LogP contribution in [0, 0.1) is 17.3 Å². The van der Waals surface area contributed by atoms with Crippen LogP contribution < -0.4 is 15.0 Å². The second-order valence-corrected chi connectivity index (χ2v) is 15.4. The highest BCUT2D eigenvalue weighted by Crippen LogP contribution is 2.51. The molecule has 3 amide bonds. The average Bonchev–Trinajstić information content (AvgIpc) is 3.80. The molecule has 55 heavy (non-hydrogen) atoms. The molecule has 0 bridgehead atoms. The van der Waals surface area contributed by atoms with Crippen molar-refractivity contribution in [3.05, 3.63) is 91.0 Å². The lowest BCUT2D eigenvalue weighted by atomic mass is 9.60. The van der Waals surface area contributed by atoms with Gasteiger partial charge in [-0.3, -0.25) is 14.4 Å². The zero-order chi connectivity index (χ0) is 38.6. The largest absolute Gasteiger partial charge is 0.272 e. The van der Waals surface area contributed by atoms with E-state index in [-0.39, 0.29) is 11.8 Å². The zero-order valence-corrected chi connectivity index (χ0v) is 33.0. The number of hydrogen-bond donors (Lipinski definition) is 0. The molecule has 3 unspecified atom stereocenters. The summed E-state index contributed by atoms with van der Waals surface area (Å²) in [5.41, 5.74) is 1.59. The minimum atomic E-state index is -1.67.